The van der Waals surface area contributed by atoms with Gasteiger partial charge in [-0.25, -0.2) is 0 Å². The van der Waals surface area contributed by atoms with Gasteiger partial charge in [0.25, 0.3) is 0 Å². The Balaban J connectivity index is 2.96. The molecule has 0 saturated carbocycles. The van der Waals surface area contributed by atoms with Gasteiger partial charge in [0.2, 0.25) is 0 Å². The lowest BCUT2D eigenvalue weighted by atomic mass is 9.78. The van der Waals surface area contributed by atoms with E-state index >= 15 is 0 Å². The summed E-state index contributed by atoms with van der Waals surface area (Å²) < 4.78 is 0. The molecule has 0 amide bonds. The van der Waals surface area contributed by atoms with E-state index in [9.17, 15) is 0 Å². The Morgan fingerprint density at radius 1 is 1.07 bits per heavy atom. The van der Waals surface area contributed by atoms with Crippen LogP contribution in [-0.2, 0) is 0 Å². The van der Waals surface area contributed by atoms with Crippen molar-refractivity contribution in [1.29, 1.82) is 0 Å². The lowest BCUT2D eigenvalue weighted by molar-refractivity contribution is 0.575. The zero-order chi connectivity index (χ0) is 22.4. The first-order valence-electron chi connectivity index (χ1n) is 12.6. The van der Waals surface area contributed by atoms with Gasteiger partial charge in [-0.1, -0.05) is 121 Å². The first-order chi connectivity index (χ1) is 14.5. The zero-order valence-corrected chi connectivity index (χ0v) is 20.8. The molecule has 0 radical (unpaired) electrons. The average Bonchev–Trinajstić information content (AvgIpc) is 2.76. The molecule has 3 unspecified atom stereocenters. The molecule has 0 aliphatic heterocycles. The van der Waals surface area contributed by atoms with Gasteiger partial charge in [0, 0.05) is 5.92 Å². The van der Waals surface area contributed by atoms with Crippen LogP contribution in [0.5, 0.6) is 0 Å². The summed E-state index contributed by atoms with van der Waals surface area (Å²) in [6.45, 7) is 18.2. The zero-order valence-electron chi connectivity index (χ0n) is 20.8. The van der Waals surface area contributed by atoms with E-state index in [-0.39, 0.29) is 0 Å². The lowest BCUT2D eigenvalue weighted by Crippen LogP contribution is -2.14. The van der Waals surface area contributed by atoms with Gasteiger partial charge in [-0.05, 0) is 61.5 Å². The molecule has 0 saturated heterocycles. The fraction of sp³-hybridized carbons (Fsp3) is 0.600. The third kappa shape index (κ3) is 9.07. The van der Waals surface area contributed by atoms with Crippen molar-refractivity contribution in [3.63, 3.8) is 0 Å². The van der Waals surface area contributed by atoms with E-state index in [1.807, 2.05) is 0 Å². The van der Waals surface area contributed by atoms with Gasteiger partial charge in [0.1, 0.15) is 0 Å². The minimum Gasteiger partial charge on any atom is -0.0949 e. The molecule has 0 heterocycles. The van der Waals surface area contributed by atoms with Crippen LogP contribution in [0.15, 0.2) is 71.4 Å². The highest BCUT2D eigenvalue weighted by atomic mass is 14.2. The van der Waals surface area contributed by atoms with Crippen LogP contribution in [0.1, 0.15) is 99.3 Å². The minimum atomic E-state index is 0.444. The van der Waals surface area contributed by atoms with Crippen molar-refractivity contribution in [3.8, 4) is 0 Å². The fourth-order valence-corrected chi connectivity index (χ4v) is 3.91. The molecule has 0 fully saturated rings. The molecule has 0 N–H and O–H groups in total. The van der Waals surface area contributed by atoms with Crippen LogP contribution in [0.4, 0.5) is 0 Å². The largest absolute Gasteiger partial charge is 0.0949 e. The van der Waals surface area contributed by atoms with E-state index in [0.29, 0.717) is 17.8 Å². The Kier molecular flexibility index (Phi) is 13.5. The van der Waals surface area contributed by atoms with Crippen LogP contribution >= 0.6 is 0 Å². The molecule has 0 nitrogen and oxygen atoms in total. The van der Waals surface area contributed by atoms with Crippen molar-refractivity contribution in [2.45, 2.75) is 99.3 Å². The third-order valence-electron chi connectivity index (χ3n) is 6.58. The summed E-state index contributed by atoms with van der Waals surface area (Å²) in [6, 6.07) is 0. The summed E-state index contributed by atoms with van der Waals surface area (Å²) >= 11 is 0. The van der Waals surface area contributed by atoms with Crippen LogP contribution in [-0.4, -0.2) is 0 Å². The molecular weight excluding hydrogens is 360 g/mol. The summed E-state index contributed by atoms with van der Waals surface area (Å²) in [5.41, 5.74) is 5.67. The molecule has 1 aliphatic carbocycles. The van der Waals surface area contributed by atoms with E-state index in [0.717, 1.165) is 0 Å². The molecule has 1 rings (SSSR count). The number of unbranched alkanes of at least 4 members (excludes halogenated alkanes) is 3. The normalized spacial score (nSPS) is 23.0. The molecule has 0 spiro atoms. The molecule has 0 bridgehead atoms. The van der Waals surface area contributed by atoms with E-state index in [1.165, 1.54) is 74.5 Å². The Morgan fingerprint density at radius 2 is 1.77 bits per heavy atom. The predicted octanol–water partition coefficient (Wildman–Crippen LogP) is 9.93. The maximum atomic E-state index is 4.46. The molecule has 1 aliphatic rings. The van der Waals surface area contributed by atoms with E-state index in [1.54, 1.807) is 5.57 Å². The van der Waals surface area contributed by atoms with Gasteiger partial charge >= 0.3 is 0 Å². The maximum Gasteiger partial charge on any atom is 0.00192 e. The summed E-state index contributed by atoms with van der Waals surface area (Å²) in [4.78, 5) is 0. The second kappa shape index (κ2) is 15.3. The van der Waals surface area contributed by atoms with Gasteiger partial charge in [-0.3, -0.25) is 0 Å². The molecule has 168 valence electrons. The summed E-state index contributed by atoms with van der Waals surface area (Å²) in [5.74, 6) is 1.56. The SMILES string of the molecule is C=C1/C(=C\C=C(\CCCC)C(C)CC)C=CC(/C=C\C(=C\CCC)CCCC)C1C. The number of hydrogen-bond acceptors (Lipinski definition) is 0. The topological polar surface area (TPSA) is 0 Å². The number of hydrogen-bond donors (Lipinski definition) is 0. The quantitative estimate of drug-likeness (QED) is 0.266. The smallest absolute Gasteiger partial charge is 0.00192 e. The van der Waals surface area contributed by atoms with Gasteiger partial charge in [-0.15, -0.1) is 0 Å². The molecular formula is C30H48. The summed E-state index contributed by atoms with van der Waals surface area (Å²) in [7, 11) is 0. The lowest BCUT2D eigenvalue weighted by Gasteiger charge is -2.26. The average molecular weight is 409 g/mol. The van der Waals surface area contributed by atoms with E-state index in [4.69, 9.17) is 0 Å². The van der Waals surface area contributed by atoms with Crippen molar-refractivity contribution in [2.75, 3.05) is 0 Å². The summed E-state index contributed by atoms with van der Waals surface area (Å²) in [6.07, 6.45) is 27.7. The van der Waals surface area contributed by atoms with Crippen LogP contribution in [0.2, 0.25) is 0 Å². The number of rotatable bonds is 13. The Bertz CT molecular complexity index is 650. The van der Waals surface area contributed by atoms with E-state index < -0.39 is 0 Å². The highest BCUT2D eigenvalue weighted by Gasteiger charge is 2.21. The molecule has 3 atom stereocenters. The second-order valence-electron chi connectivity index (χ2n) is 9.06. The first kappa shape index (κ1) is 26.5. The van der Waals surface area contributed by atoms with Crippen molar-refractivity contribution in [3.05, 3.63) is 71.4 Å². The highest BCUT2D eigenvalue weighted by molar-refractivity contribution is 5.46. The second-order valence-corrected chi connectivity index (χ2v) is 9.06. The van der Waals surface area contributed by atoms with Crippen LogP contribution in [0, 0.1) is 17.8 Å². The van der Waals surface area contributed by atoms with E-state index in [2.05, 4.69) is 90.7 Å². The molecule has 0 aromatic heterocycles. The van der Waals surface area contributed by atoms with Gasteiger partial charge in [0.05, 0.1) is 0 Å². The first-order valence-corrected chi connectivity index (χ1v) is 12.6. The van der Waals surface area contributed by atoms with Crippen molar-refractivity contribution in [1.82, 2.24) is 0 Å². The van der Waals surface area contributed by atoms with Crippen LogP contribution < -0.4 is 0 Å². The highest BCUT2D eigenvalue weighted by Crippen LogP contribution is 2.33. The molecule has 0 aromatic rings. The minimum absolute atomic E-state index is 0.444. The summed E-state index contributed by atoms with van der Waals surface area (Å²) in [5, 5.41) is 0. The molecule has 30 heavy (non-hydrogen) atoms. The third-order valence-corrected chi connectivity index (χ3v) is 6.58. The Hall–Kier alpha value is -1.56. The number of allylic oxidation sites excluding steroid dienone is 11. The van der Waals surface area contributed by atoms with Gasteiger partial charge in [-0.2, -0.15) is 0 Å². The monoisotopic (exact) mass is 408 g/mol. The molecule has 0 aromatic carbocycles. The molecule has 0 heteroatoms. The van der Waals surface area contributed by atoms with Crippen molar-refractivity contribution >= 4 is 0 Å². The maximum absolute atomic E-state index is 4.46. The predicted molar refractivity (Wildman–Crippen MR) is 138 cm³/mol. The Labute approximate surface area is 188 Å². The van der Waals surface area contributed by atoms with Crippen molar-refractivity contribution in [2.24, 2.45) is 17.8 Å². The standard InChI is InChI=1S/C30H48/c1-8-12-15-27(16-13-9-2)18-19-29-22-23-30(26(7)25(29)6)21-20-28(17-14-10-3)24(5)11-4/h15,18-25,29H,7-14,16-17H2,1-6H3/b19-18-,27-15+,28-20-,30-21-. The van der Waals surface area contributed by atoms with Gasteiger partial charge < -0.3 is 0 Å². The fourth-order valence-electron chi connectivity index (χ4n) is 3.91. The van der Waals surface area contributed by atoms with Gasteiger partial charge in [0.15, 0.2) is 0 Å². The van der Waals surface area contributed by atoms with Crippen LogP contribution in [0.25, 0.3) is 0 Å². The van der Waals surface area contributed by atoms with Crippen LogP contribution in [0.3, 0.4) is 0 Å². The van der Waals surface area contributed by atoms with Crippen molar-refractivity contribution < 1.29 is 0 Å². The Morgan fingerprint density at radius 3 is 2.40 bits per heavy atom.